The fourth-order valence-electron chi connectivity index (χ4n) is 3.71. The van der Waals surface area contributed by atoms with Crippen molar-refractivity contribution >= 4 is 28.7 Å². The van der Waals surface area contributed by atoms with Crippen LogP contribution in [0.2, 0.25) is 0 Å². The zero-order valence-corrected chi connectivity index (χ0v) is 19.6. The Morgan fingerprint density at radius 1 is 1.11 bits per heavy atom. The molecule has 0 radical (unpaired) electrons. The van der Waals surface area contributed by atoms with Crippen LogP contribution < -0.4 is 9.47 Å². The molecule has 0 aliphatic carbocycles. The van der Waals surface area contributed by atoms with Crippen LogP contribution in [0.5, 0.6) is 17.4 Å². The fraction of sp³-hybridized carbons (Fsp3) is 0.333. The lowest BCUT2D eigenvalue weighted by molar-refractivity contribution is -0.122. The van der Waals surface area contributed by atoms with E-state index >= 15 is 0 Å². The maximum atomic E-state index is 12.2. The third-order valence-electron chi connectivity index (χ3n) is 5.50. The summed E-state index contributed by atoms with van der Waals surface area (Å²) in [5.74, 6) is 0.449. The second-order valence-corrected chi connectivity index (χ2v) is 7.71. The highest BCUT2D eigenvalue weighted by atomic mass is 16.6. The van der Waals surface area contributed by atoms with Crippen molar-refractivity contribution in [2.24, 2.45) is 15.4 Å². The Bertz CT molecular complexity index is 1230. The average Bonchev–Trinajstić information content (AvgIpc) is 3.16. The van der Waals surface area contributed by atoms with Gasteiger partial charge in [-0.25, -0.2) is 0 Å². The van der Waals surface area contributed by atoms with Crippen molar-refractivity contribution in [2.75, 3.05) is 47.1 Å². The predicted molar refractivity (Wildman–Crippen MR) is 129 cm³/mol. The van der Waals surface area contributed by atoms with E-state index in [0.29, 0.717) is 42.3 Å². The first kappa shape index (κ1) is 24.2. The van der Waals surface area contributed by atoms with Crippen molar-refractivity contribution < 1.29 is 28.9 Å². The van der Waals surface area contributed by atoms with Gasteiger partial charge in [-0.1, -0.05) is 23.4 Å². The number of carbonyl (C=O) groups excluding carboxylic acids is 1. The minimum Gasteiger partial charge on any atom is -0.493 e. The quantitative estimate of drug-likeness (QED) is 0.283. The summed E-state index contributed by atoms with van der Waals surface area (Å²) in [4.78, 5) is 19.4. The molecule has 1 fully saturated rings. The van der Waals surface area contributed by atoms with E-state index in [-0.39, 0.29) is 11.6 Å². The van der Waals surface area contributed by atoms with Gasteiger partial charge < -0.3 is 24.2 Å². The lowest BCUT2D eigenvalue weighted by atomic mass is 10.2. The van der Waals surface area contributed by atoms with Gasteiger partial charge >= 0.3 is 5.91 Å². The number of para-hydroxylation sites is 1. The molecule has 0 spiro atoms. The normalized spacial score (nSPS) is 14.7. The Labute approximate surface area is 202 Å². The van der Waals surface area contributed by atoms with Gasteiger partial charge in [-0.3, -0.25) is 14.3 Å². The highest BCUT2D eigenvalue weighted by Gasteiger charge is 2.20. The number of benzene rings is 2. The largest absolute Gasteiger partial charge is 0.493 e. The SMILES string of the molecule is COc1ccc(/C=N\OCC(=O)N=Nc2c(O)n(CN3CCOCC3)c3ccccc23)cc1OC. The molecule has 1 saturated heterocycles. The topological polar surface area (TPSA) is 119 Å². The maximum absolute atomic E-state index is 12.2. The first-order valence-electron chi connectivity index (χ1n) is 11.0. The number of nitrogens with zero attached hydrogens (tertiary/aromatic N) is 5. The highest BCUT2D eigenvalue weighted by molar-refractivity contribution is 5.95. The van der Waals surface area contributed by atoms with E-state index < -0.39 is 12.5 Å². The zero-order chi connectivity index (χ0) is 24.6. The molecule has 1 N–H and O–H groups in total. The molecule has 1 aromatic heterocycles. The molecule has 3 aromatic rings. The molecule has 1 aliphatic heterocycles. The number of methoxy groups -OCH3 is 2. The van der Waals surface area contributed by atoms with Gasteiger partial charge in [0.25, 0.3) is 0 Å². The molecule has 4 rings (SSSR count). The number of carbonyl (C=O) groups is 1. The van der Waals surface area contributed by atoms with E-state index in [1.54, 1.807) is 29.9 Å². The fourth-order valence-corrected chi connectivity index (χ4v) is 3.71. The molecule has 11 nitrogen and oxygen atoms in total. The summed E-state index contributed by atoms with van der Waals surface area (Å²) >= 11 is 0. The van der Waals surface area contributed by atoms with E-state index in [4.69, 9.17) is 19.0 Å². The lowest BCUT2D eigenvalue weighted by Gasteiger charge is -2.27. The smallest absolute Gasteiger partial charge is 0.304 e. The van der Waals surface area contributed by atoms with Crippen LogP contribution in [0.15, 0.2) is 57.8 Å². The number of azo groups is 1. The number of amides is 1. The molecular weight excluding hydrogens is 454 g/mol. The van der Waals surface area contributed by atoms with E-state index in [9.17, 15) is 9.90 Å². The van der Waals surface area contributed by atoms with Gasteiger partial charge in [0.05, 0.1) is 45.8 Å². The Morgan fingerprint density at radius 2 is 1.89 bits per heavy atom. The molecule has 1 amide bonds. The average molecular weight is 482 g/mol. The second-order valence-electron chi connectivity index (χ2n) is 7.71. The predicted octanol–water partition coefficient (Wildman–Crippen LogP) is 3.31. The van der Waals surface area contributed by atoms with E-state index in [2.05, 4.69) is 20.3 Å². The van der Waals surface area contributed by atoms with Crippen LogP contribution in [0, 0.1) is 0 Å². The van der Waals surface area contributed by atoms with Crippen molar-refractivity contribution in [1.29, 1.82) is 0 Å². The van der Waals surface area contributed by atoms with Gasteiger partial charge in [-0.05, 0) is 24.3 Å². The van der Waals surface area contributed by atoms with Crippen LogP contribution in [-0.4, -0.2) is 73.8 Å². The number of aromatic nitrogens is 1. The van der Waals surface area contributed by atoms with Gasteiger partial charge in [0.2, 0.25) is 5.88 Å². The molecule has 0 atom stereocenters. The summed E-state index contributed by atoms with van der Waals surface area (Å²) in [5.41, 5.74) is 1.74. The summed E-state index contributed by atoms with van der Waals surface area (Å²) in [6.45, 7) is 2.91. The van der Waals surface area contributed by atoms with E-state index in [0.717, 1.165) is 18.6 Å². The summed E-state index contributed by atoms with van der Waals surface area (Å²) in [7, 11) is 3.09. The second kappa shape index (κ2) is 11.4. The molecular formula is C24H27N5O6. The number of hydrogen-bond donors (Lipinski definition) is 1. The molecule has 0 bridgehead atoms. The van der Waals surface area contributed by atoms with Crippen molar-refractivity contribution in [2.45, 2.75) is 6.67 Å². The van der Waals surface area contributed by atoms with Crippen molar-refractivity contribution in [3.63, 3.8) is 0 Å². The van der Waals surface area contributed by atoms with Crippen molar-refractivity contribution in [3.05, 3.63) is 48.0 Å². The Balaban J connectivity index is 1.40. The Kier molecular flexibility index (Phi) is 7.91. The molecule has 11 heteroatoms. The van der Waals surface area contributed by atoms with E-state index in [1.807, 2.05) is 24.3 Å². The lowest BCUT2D eigenvalue weighted by Crippen LogP contribution is -2.37. The highest BCUT2D eigenvalue weighted by Crippen LogP contribution is 2.39. The van der Waals surface area contributed by atoms with Gasteiger partial charge in [-0.15, -0.1) is 10.2 Å². The van der Waals surface area contributed by atoms with Crippen LogP contribution in [0.3, 0.4) is 0 Å². The van der Waals surface area contributed by atoms with Gasteiger partial charge in [0.1, 0.15) is 0 Å². The first-order valence-corrected chi connectivity index (χ1v) is 11.0. The van der Waals surface area contributed by atoms with Gasteiger partial charge in [0.15, 0.2) is 23.8 Å². The third-order valence-corrected chi connectivity index (χ3v) is 5.50. The standard InChI is InChI=1S/C24H27N5O6/c1-32-20-8-7-17(13-21(20)33-2)14-25-35-15-22(30)26-27-23-18-5-3-4-6-19(18)29(24(23)31)16-28-9-11-34-12-10-28/h3-8,13-14,31H,9-12,15-16H2,1-2H3/b25-14-,27-26?. The van der Waals surface area contributed by atoms with Crippen LogP contribution in [0.4, 0.5) is 5.69 Å². The van der Waals surface area contributed by atoms with Crippen molar-refractivity contribution in [1.82, 2.24) is 9.47 Å². The number of rotatable bonds is 9. The monoisotopic (exact) mass is 481 g/mol. The van der Waals surface area contributed by atoms with Crippen LogP contribution in [-0.2, 0) is 21.0 Å². The zero-order valence-electron chi connectivity index (χ0n) is 19.6. The van der Waals surface area contributed by atoms with E-state index in [1.165, 1.54) is 13.3 Å². The summed E-state index contributed by atoms with van der Waals surface area (Å²) in [6, 6.07) is 12.7. The van der Waals surface area contributed by atoms with Crippen LogP contribution in [0.25, 0.3) is 10.9 Å². The summed E-state index contributed by atoms with van der Waals surface area (Å²) < 4.78 is 17.6. The third kappa shape index (κ3) is 5.76. The Morgan fingerprint density at radius 3 is 2.66 bits per heavy atom. The minimum absolute atomic E-state index is 0.0540. The Hall–Kier alpha value is -3.96. The number of oxime groups is 1. The molecule has 35 heavy (non-hydrogen) atoms. The number of aromatic hydroxyl groups is 1. The number of fused-ring (bicyclic) bond motifs is 1. The van der Waals surface area contributed by atoms with Crippen LogP contribution >= 0.6 is 0 Å². The molecule has 0 unspecified atom stereocenters. The first-order chi connectivity index (χ1) is 17.1. The molecule has 1 aliphatic rings. The summed E-state index contributed by atoms with van der Waals surface area (Å²) in [5, 5.41) is 23.1. The van der Waals surface area contributed by atoms with Gasteiger partial charge in [0, 0.05) is 24.0 Å². The minimum atomic E-state index is -0.640. The molecule has 184 valence electrons. The van der Waals surface area contributed by atoms with Gasteiger partial charge in [-0.2, -0.15) is 0 Å². The molecule has 2 heterocycles. The number of hydrogen-bond acceptors (Lipinski definition) is 9. The molecule has 0 saturated carbocycles. The van der Waals surface area contributed by atoms with Crippen LogP contribution in [0.1, 0.15) is 5.56 Å². The maximum Gasteiger partial charge on any atom is 0.304 e. The number of ether oxygens (including phenoxy) is 3. The summed E-state index contributed by atoms with van der Waals surface area (Å²) in [6.07, 6.45) is 1.44. The van der Waals surface area contributed by atoms with Crippen molar-refractivity contribution in [3.8, 4) is 17.4 Å². The molecule has 2 aromatic carbocycles. The number of morpholine rings is 1.